The highest BCUT2D eigenvalue weighted by molar-refractivity contribution is 7.85. The fraction of sp³-hybridized carbons (Fsp3) is 0.391. The van der Waals surface area contributed by atoms with Crippen molar-refractivity contribution in [3.05, 3.63) is 63.6 Å². The third-order valence-electron chi connectivity index (χ3n) is 5.29. The van der Waals surface area contributed by atoms with Crippen molar-refractivity contribution in [2.24, 2.45) is 5.41 Å². The maximum Gasteiger partial charge on any atom is 0.322 e. The van der Waals surface area contributed by atoms with Gasteiger partial charge in [-0.15, -0.1) is 0 Å². The van der Waals surface area contributed by atoms with Crippen molar-refractivity contribution < 1.29 is 18.9 Å². The lowest BCUT2D eigenvalue weighted by Gasteiger charge is -2.28. The van der Waals surface area contributed by atoms with Crippen molar-refractivity contribution in [3.8, 4) is 0 Å². The zero-order valence-electron chi connectivity index (χ0n) is 18.6. The normalized spacial score (nSPS) is 19.3. The third-order valence-corrected chi connectivity index (χ3v) is 7.31. The van der Waals surface area contributed by atoms with Gasteiger partial charge in [-0.3, -0.25) is 9.00 Å². The van der Waals surface area contributed by atoms with Gasteiger partial charge in [-0.1, -0.05) is 62.2 Å². The number of anilines is 1. The van der Waals surface area contributed by atoms with Gasteiger partial charge in [0.1, 0.15) is 6.10 Å². The molecule has 33 heavy (non-hydrogen) atoms. The summed E-state index contributed by atoms with van der Waals surface area (Å²) in [6.45, 7) is 5.92. The fourth-order valence-electron chi connectivity index (χ4n) is 3.32. The van der Waals surface area contributed by atoms with Gasteiger partial charge in [-0.25, -0.2) is 4.79 Å². The summed E-state index contributed by atoms with van der Waals surface area (Å²) >= 11 is 12.0. The van der Waals surface area contributed by atoms with Crippen LogP contribution >= 0.6 is 23.2 Å². The van der Waals surface area contributed by atoms with Crippen LogP contribution in [0.2, 0.25) is 10.0 Å². The summed E-state index contributed by atoms with van der Waals surface area (Å²) in [4.78, 5) is 26.3. The van der Waals surface area contributed by atoms with E-state index in [0.29, 0.717) is 27.8 Å². The largest absolute Gasteiger partial charge is 0.386 e. The molecule has 1 aliphatic rings. The first-order valence-electron chi connectivity index (χ1n) is 10.4. The van der Waals surface area contributed by atoms with Crippen LogP contribution in [0.1, 0.15) is 38.0 Å². The molecule has 7 nitrogen and oxygen atoms in total. The Bertz CT molecular complexity index is 1060. The first-order chi connectivity index (χ1) is 15.5. The van der Waals surface area contributed by atoms with E-state index < -0.39 is 34.4 Å². The summed E-state index contributed by atoms with van der Waals surface area (Å²) < 4.78 is 12.2. The minimum Gasteiger partial charge on any atom is -0.386 e. The Kier molecular flexibility index (Phi) is 8.05. The van der Waals surface area contributed by atoms with Crippen LogP contribution in [0.4, 0.5) is 10.5 Å². The van der Waals surface area contributed by atoms with Gasteiger partial charge in [0, 0.05) is 34.2 Å². The Balaban J connectivity index is 1.65. The van der Waals surface area contributed by atoms with E-state index in [1.807, 2.05) is 32.9 Å². The molecule has 0 aromatic heterocycles. The van der Waals surface area contributed by atoms with E-state index in [1.54, 1.807) is 30.3 Å². The zero-order valence-corrected chi connectivity index (χ0v) is 20.9. The van der Waals surface area contributed by atoms with Crippen molar-refractivity contribution in [2.75, 3.05) is 16.9 Å². The number of carbonyl (C=O) groups excluding carboxylic acids is 2. The van der Waals surface area contributed by atoms with E-state index in [2.05, 4.69) is 10.6 Å². The number of nitrogens with one attached hydrogen (secondary N) is 2. The van der Waals surface area contributed by atoms with E-state index >= 15 is 0 Å². The SMILES string of the molecule is CC(C)(C)C(=O)NCc1ccc(NC(=O)N2CS(=O)C[C@H]2[C@H](O)c2ccc(Cl)c(Cl)c2)cc1. The van der Waals surface area contributed by atoms with E-state index in [-0.39, 0.29) is 17.5 Å². The average Bonchev–Trinajstić information content (AvgIpc) is 3.15. The summed E-state index contributed by atoms with van der Waals surface area (Å²) in [5, 5.41) is 17.2. The van der Waals surface area contributed by atoms with Crippen molar-refractivity contribution in [2.45, 2.75) is 39.5 Å². The minimum atomic E-state index is -1.28. The number of nitrogens with zero attached hydrogens (tertiary/aromatic N) is 1. The standard InChI is InChI=1S/C23H27Cl2N3O4S/c1-23(2,3)21(30)26-11-14-4-7-16(8-5-14)27-22(31)28-13-33(32)12-19(28)20(29)15-6-9-17(24)18(25)10-15/h4-10,19-20,29H,11-13H2,1-3H3,(H,26,30)(H,27,31)/t19-,20+,33?/m0/s1. The molecule has 10 heteroatoms. The number of aliphatic hydroxyl groups is 1. The molecule has 1 saturated heterocycles. The molecule has 3 N–H and O–H groups in total. The molecule has 0 radical (unpaired) electrons. The maximum absolute atomic E-state index is 12.9. The Hall–Kier alpha value is -2.13. The molecule has 3 atom stereocenters. The zero-order chi connectivity index (χ0) is 24.3. The second-order valence-corrected chi connectivity index (χ2v) is 11.2. The average molecular weight is 512 g/mol. The number of amides is 3. The number of aliphatic hydroxyl groups excluding tert-OH is 1. The molecule has 1 heterocycles. The molecule has 3 rings (SSSR count). The van der Waals surface area contributed by atoms with E-state index in [9.17, 15) is 18.9 Å². The molecule has 1 unspecified atom stereocenters. The van der Waals surface area contributed by atoms with Crippen LogP contribution in [0.5, 0.6) is 0 Å². The second-order valence-electron chi connectivity index (χ2n) is 8.95. The summed E-state index contributed by atoms with van der Waals surface area (Å²) in [5.41, 5.74) is 1.46. The van der Waals surface area contributed by atoms with Crippen LogP contribution < -0.4 is 10.6 Å². The molecule has 178 valence electrons. The number of carbonyl (C=O) groups is 2. The topological polar surface area (TPSA) is 98.7 Å². The highest BCUT2D eigenvalue weighted by Gasteiger charge is 2.38. The lowest BCUT2D eigenvalue weighted by atomic mass is 9.95. The van der Waals surface area contributed by atoms with Gasteiger partial charge in [0.25, 0.3) is 0 Å². The number of halogens is 2. The van der Waals surface area contributed by atoms with E-state index in [0.717, 1.165) is 5.56 Å². The molecule has 1 fully saturated rings. The minimum absolute atomic E-state index is 0.0196. The Morgan fingerprint density at radius 1 is 1.15 bits per heavy atom. The van der Waals surface area contributed by atoms with E-state index in [4.69, 9.17) is 23.2 Å². The van der Waals surface area contributed by atoms with Crippen LogP contribution in [-0.4, -0.2) is 43.8 Å². The predicted octanol–water partition coefficient (Wildman–Crippen LogP) is 4.31. The third kappa shape index (κ3) is 6.47. The maximum atomic E-state index is 12.9. The number of rotatable bonds is 5. The van der Waals surface area contributed by atoms with Crippen molar-refractivity contribution in [1.29, 1.82) is 0 Å². The van der Waals surface area contributed by atoms with Gasteiger partial charge in [0.2, 0.25) is 5.91 Å². The van der Waals surface area contributed by atoms with Crippen molar-refractivity contribution in [3.63, 3.8) is 0 Å². The van der Waals surface area contributed by atoms with Gasteiger partial charge in [0.05, 0.1) is 22.0 Å². The van der Waals surface area contributed by atoms with Gasteiger partial charge >= 0.3 is 6.03 Å². The van der Waals surface area contributed by atoms with Gasteiger partial charge in [-0.2, -0.15) is 0 Å². The lowest BCUT2D eigenvalue weighted by Crippen LogP contribution is -2.42. The summed E-state index contributed by atoms with van der Waals surface area (Å²) in [6.07, 6.45) is -1.06. The molecular weight excluding hydrogens is 485 g/mol. The highest BCUT2D eigenvalue weighted by Crippen LogP contribution is 2.31. The Morgan fingerprint density at radius 2 is 1.82 bits per heavy atom. The highest BCUT2D eigenvalue weighted by atomic mass is 35.5. The first kappa shape index (κ1) is 25.5. The number of benzene rings is 2. The number of hydrogen-bond acceptors (Lipinski definition) is 4. The van der Waals surface area contributed by atoms with Crippen LogP contribution in [-0.2, 0) is 22.1 Å². The molecular formula is C23H27Cl2N3O4S. The lowest BCUT2D eigenvalue weighted by molar-refractivity contribution is -0.128. The molecule has 2 aromatic rings. The summed E-state index contributed by atoms with van der Waals surface area (Å²) in [6, 6.07) is 10.7. The number of urea groups is 1. The summed E-state index contributed by atoms with van der Waals surface area (Å²) in [7, 11) is -1.28. The second kappa shape index (κ2) is 10.4. The predicted molar refractivity (Wildman–Crippen MR) is 132 cm³/mol. The molecule has 2 aromatic carbocycles. The molecule has 3 amide bonds. The molecule has 0 bridgehead atoms. The quantitative estimate of drug-likeness (QED) is 0.556. The van der Waals surface area contributed by atoms with Crippen molar-refractivity contribution >= 4 is 51.6 Å². The van der Waals surface area contributed by atoms with Gasteiger partial charge in [0.15, 0.2) is 0 Å². The van der Waals surface area contributed by atoms with E-state index in [1.165, 1.54) is 4.90 Å². The fourth-order valence-corrected chi connectivity index (χ4v) is 5.10. The molecule has 0 saturated carbocycles. The number of hydrogen-bond donors (Lipinski definition) is 3. The van der Waals surface area contributed by atoms with Gasteiger partial charge < -0.3 is 20.6 Å². The smallest absolute Gasteiger partial charge is 0.322 e. The molecule has 0 aliphatic carbocycles. The first-order valence-corrected chi connectivity index (χ1v) is 12.6. The van der Waals surface area contributed by atoms with Crippen LogP contribution in [0, 0.1) is 5.41 Å². The monoisotopic (exact) mass is 511 g/mol. The summed E-state index contributed by atoms with van der Waals surface area (Å²) in [5.74, 6) is 0.126. The Morgan fingerprint density at radius 3 is 2.42 bits per heavy atom. The van der Waals surface area contributed by atoms with Crippen molar-refractivity contribution in [1.82, 2.24) is 10.2 Å². The van der Waals surface area contributed by atoms with Crippen LogP contribution in [0.3, 0.4) is 0 Å². The van der Waals surface area contributed by atoms with Crippen LogP contribution in [0.25, 0.3) is 0 Å². The molecule has 1 aliphatic heterocycles. The van der Waals surface area contributed by atoms with Crippen LogP contribution in [0.15, 0.2) is 42.5 Å². The molecule has 0 spiro atoms. The van der Waals surface area contributed by atoms with Gasteiger partial charge in [-0.05, 0) is 35.4 Å². The Labute approximate surface area is 205 Å².